The molecule has 0 aliphatic carbocycles. The summed E-state index contributed by atoms with van der Waals surface area (Å²) in [6, 6.07) is 0. The maximum Gasteiger partial charge on any atom is 0.328 e. The van der Waals surface area contributed by atoms with Crippen molar-refractivity contribution in [3.05, 3.63) is 21.7 Å². The number of aromatic nitrogens is 1. The van der Waals surface area contributed by atoms with Crippen LogP contribution >= 0.6 is 11.3 Å². The Bertz CT molecular complexity index is 413. The standard InChI is InChI=1S/C11H16N2O3S/c1-13(2)6-10-12-8(7-16-3)9(17-10)4-5-11(14)15/h4-5H,6-7H2,1-3H3,(H,14,15)/b5-4+. The summed E-state index contributed by atoms with van der Waals surface area (Å²) in [4.78, 5) is 17.8. The predicted molar refractivity (Wildman–Crippen MR) is 66.9 cm³/mol. The molecule has 5 nitrogen and oxygen atoms in total. The predicted octanol–water partition coefficient (Wildman–Crippen LogP) is 1.45. The van der Waals surface area contributed by atoms with Crippen LogP contribution < -0.4 is 0 Å². The number of carbonyl (C=O) groups is 1. The number of hydrogen-bond acceptors (Lipinski definition) is 5. The van der Waals surface area contributed by atoms with Crippen LogP contribution in [0, 0.1) is 0 Å². The molecular formula is C11H16N2O3S. The first kappa shape index (κ1) is 13.8. The molecule has 1 aromatic rings. The molecule has 0 bridgehead atoms. The lowest BCUT2D eigenvalue weighted by molar-refractivity contribution is -0.131. The van der Waals surface area contributed by atoms with Crippen molar-refractivity contribution in [2.75, 3.05) is 21.2 Å². The molecule has 0 atom stereocenters. The molecule has 1 N–H and O–H groups in total. The van der Waals surface area contributed by atoms with E-state index in [9.17, 15) is 4.79 Å². The molecule has 17 heavy (non-hydrogen) atoms. The van der Waals surface area contributed by atoms with E-state index >= 15 is 0 Å². The Balaban J connectivity index is 2.92. The molecule has 0 saturated heterocycles. The molecule has 1 rings (SSSR count). The number of ether oxygens (including phenoxy) is 1. The van der Waals surface area contributed by atoms with Gasteiger partial charge < -0.3 is 14.7 Å². The number of rotatable bonds is 6. The first-order valence-electron chi connectivity index (χ1n) is 5.06. The third kappa shape index (κ3) is 4.64. The van der Waals surface area contributed by atoms with Crippen molar-refractivity contribution < 1.29 is 14.6 Å². The summed E-state index contributed by atoms with van der Waals surface area (Å²) >= 11 is 1.49. The third-order valence-electron chi connectivity index (χ3n) is 1.88. The second kappa shape index (κ2) is 6.48. The van der Waals surface area contributed by atoms with Gasteiger partial charge in [0, 0.05) is 19.7 Å². The van der Waals surface area contributed by atoms with E-state index in [0.29, 0.717) is 6.61 Å². The quantitative estimate of drug-likeness (QED) is 0.780. The molecule has 0 saturated carbocycles. The summed E-state index contributed by atoms with van der Waals surface area (Å²) in [5.41, 5.74) is 0.784. The Hall–Kier alpha value is -1.24. The van der Waals surface area contributed by atoms with Gasteiger partial charge in [0.25, 0.3) is 0 Å². The molecule has 0 unspecified atom stereocenters. The summed E-state index contributed by atoms with van der Waals surface area (Å²) in [6.07, 6.45) is 2.68. The maximum atomic E-state index is 10.5. The SMILES string of the molecule is COCc1nc(CN(C)C)sc1/C=C/C(=O)O. The smallest absolute Gasteiger partial charge is 0.328 e. The number of carboxylic acids is 1. The molecule has 0 aliphatic rings. The van der Waals surface area contributed by atoms with Crippen molar-refractivity contribution in [2.45, 2.75) is 13.2 Å². The number of nitrogens with zero attached hydrogens (tertiary/aromatic N) is 2. The van der Waals surface area contributed by atoms with E-state index in [-0.39, 0.29) is 0 Å². The molecule has 0 spiro atoms. The van der Waals surface area contributed by atoms with E-state index < -0.39 is 5.97 Å². The Morgan fingerprint density at radius 1 is 1.59 bits per heavy atom. The van der Waals surface area contributed by atoms with E-state index in [4.69, 9.17) is 9.84 Å². The number of aliphatic carboxylic acids is 1. The van der Waals surface area contributed by atoms with E-state index in [1.807, 2.05) is 19.0 Å². The van der Waals surface area contributed by atoms with Crippen LogP contribution in [0.5, 0.6) is 0 Å². The van der Waals surface area contributed by atoms with E-state index in [1.165, 1.54) is 11.3 Å². The fraction of sp³-hybridized carbons (Fsp3) is 0.455. The van der Waals surface area contributed by atoms with Gasteiger partial charge in [-0.05, 0) is 20.2 Å². The van der Waals surface area contributed by atoms with E-state index in [0.717, 1.165) is 28.2 Å². The lowest BCUT2D eigenvalue weighted by atomic mass is 10.3. The first-order chi connectivity index (χ1) is 8.02. The normalized spacial score (nSPS) is 11.5. The monoisotopic (exact) mass is 256 g/mol. The zero-order valence-corrected chi connectivity index (χ0v) is 11.0. The summed E-state index contributed by atoms with van der Waals surface area (Å²) < 4.78 is 5.04. The lowest BCUT2D eigenvalue weighted by Gasteiger charge is -2.04. The summed E-state index contributed by atoms with van der Waals surface area (Å²) in [6.45, 7) is 1.13. The molecule has 1 heterocycles. The minimum atomic E-state index is -0.962. The van der Waals surface area contributed by atoms with Crippen molar-refractivity contribution in [3.63, 3.8) is 0 Å². The Labute approximate surface area is 104 Å². The molecule has 0 amide bonds. The largest absolute Gasteiger partial charge is 0.478 e. The van der Waals surface area contributed by atoms with Gasteiger partial charge in [0.2, 0.25) is 0 Å². The Morgan fingerprint density at radius 3 is 2.82 bits per heavy atom. The van der Waals surface area contributed by atoms with Crippen LogP contribution in [-0.4, -0.2) is 42.2 Å². The highest BCUT2D eigenvalue weighted by Gasteiger charge is 2.09. The average Bonchev–Trinajstić information content (AvgIpc) is 2.57. The molecule has 6 heteroatoms. The van der Waals surface area contributed by atoms with E-state index in [1.54, 1.807) is 13.2 Å². The van der Waals surface area contributed by atoms with Gasteiger partial charge in [0.1, 0.15) is 5.01 Å². The molecule has 0 radical (unpaired) electrons. The topological polar surface area (TPSA) is 62.7 Å². The minimum Gasteiger partial charge on any atom is -0.478 e. The van der Waals surface area contributed by atoms with Crippen molar-refractivity contribution in [1.82, 2.24) is 9.88 Å². The van der Waals surface area contributed by atoms with Crippen molar-refractivity contribution in [2.24, 2.45) is 0 Å². The fourth-order valence-corrected chi connectivity index (χ4v) is 2.36. The third-order valence-corrected chi connectivity index (χ3v) is 2.93. The van der Waals surface area contributed by atoms with Crippen LogP contribution in [-0.2, 0) is 22.7 Å². The summed E-state index contributed by atoms with van der Waals surface area (Å²) in [5.74, 6) is -0.962. The Kier molecular flexibility index (Phi) is 5.27. The van der Waals surface area contributed by atoms with Crippen molar-refractivity contribution in [3.8, 4) is 0 Å². The van der Waals surface area contributed by atoms with Gasteiger partial charge >= 0.3 is 5.97 Å². The van der Waals surface area contributed by atoms with Crippen LogP contribution in [0.25, 0.3) is 6.08 Å². The Morgan fingerprint density at radius 2 is 2.29 bits per heavy atom. The lowest BCUT2D eigenvalue weighted by Crippen LogP contribution is -2.10. The molecule has 0 aliphatic heterocycles. The van der Waals surface area contributed by atoms with Crippen molar-refractivity contribution >= 4 is 23.4 Å². The number of methoxy groups -OCH3 is 1. The van der Waals surface area contributed by atoms with Gasteiger partial charge in [-0.2, -0.15) is 0 Å². The maximum absolute atomic E-state index is 10.5. The molecule has 0 aromatic carbocycles. The molecule has 1 aromatic heterocycles. The van der Waals surface area contributed by atoms with Gasteiger partial charge in [-0.25, -0.2) is 9.78 Å². The highest BCUT2D eigenvalue weighted by Crippen LogP contribution is 2.21. The van der Waals surface area contributed by atoms with Crippen LogP contribution in [0.1, 0.15) is 15.6 Å². The zero-order chi connectivity index (χ0) is 12.8. The highest BCUT2D eigenvalue weighted by atomic mass is 32.1. The average molecular weight is 256 g/mol. The molecule has 94 valence electrons. The van der Waals surface area contributed by atoms with Crippen LogP contribution in [0.4, 0.5) is 0 Å². The van der Waals surface area contributed by atoms with Crippen LogP contribution in [0.3, 0.4) is 0 Å². The summed E-state index contributed by atoms with van der Waals surface area (Å²) in [5, 5.41) is 9.56. The summed E-state index contributed by atoms with van der Waals surface area (Å²) in [7, 11) is 5.52. The second-order valence-electron chi connectivity index (χ2n) is 3.76. The highest BCUT2D eigenvalue weighted by molar-refractivity contribution is 7.12. The van der Waals surface area contributed by atoms with Gasteiger partial charge in [0.05, 0.1) is 17.2 Å². The van der Waals surface area contributed by atoms with Gasteiger partial charge in [-0.15, -0.1) is 11.3 Å². The number of carboxylic acid groups (broad SMARTS) is 1. The van der Waals surface area contributed by atoms with Gasteiger partial charge in [-0.3, -0.25) is 0 Å². The van der Waals surface area contributed by atoms with E-state index in [2.05, 4.69) is 4.98 Å². The molecular weight excluding hydrogens is 240 g/mol. The number of thiazole rings is 1. The fourth-order valence-electron chi connectivity index (χ4n) is 1.27. The van der Waals surface area contributed by atoms with Gasteiger partial charge in [-0.1, -0.05) is 0 Å². The molecule has 0 fully saturated rings. The zero-order valence-electron chi connectivity index (χ0n) is 10.1. The van der Waals surface area contributed by atoms with Crippen LogP contribution in [0.2, 0.25) is 0 Å². The van der Waals surface area contributed by atoms with Gasteiger partial charge in [0.15, 0.2) is 0 Å². The second-order valence-corrected chi connectivity index (χ2v) is 4.88. The van der Waals surface area contributed by atoms with Crippen LogP contribution in [0.15, 0.2) is 6.08 Å². The minimum absolute atomic E-state index is 0.392. The van der Waals surface area contributed by atoms with Crippen molar-refractivity contribution in [1.29, 1.82) is 0 Å². The number of hydrogen-bond donors (Lipinski definition) is 1. The first-order valence-corrected chi connectivity index (χ1v) is 5.88.